The molecule has 15 heavy (non-hydrogen) atoms. The molecule has 1 amide bonds. The summed E-state index contributed by atoms with van der Waals surface area (Å²) in [4.78, 5) is 11.0. The topological polar surface area (TPSA) is 49.3 Å². The molecule has 6 heteroatoms. The Kier molecular flexibility index (Phi) is 5.64. The molecule has 0 aromatic rings. The van der Waals surface area contributed by atoms with Gasteiger partial charge in [-0.05, 0) is 5.92 Å². The molecule has 0 aromatic heterocycles. The Morgan fingerprint density at radius 2 is 1.93 bits per heavy atom. The van der Waals surface area contributed by atoms with E-state index in [-0.39, 0.29) is 12.5 Å². The molecule has 0 aromatic carbocycles. The lowest BCUT2D eigenvalue weighted by atomic mass is 10.1. The van der Waals surface area contributed by atoms with Gasteiger partial charge in [-0.1, -0.05) is 13.8 Å². The zero-order valence-electron chi connectivity index (χ0n) is 8.77. The molecule has 90 valence electrons. The fraction of sp³-hybridized carbons (Fsp3) is 0.889. The van der Waals surface area contributed by atoms with Crippen LogP contribution in [0.4, 0.5) is 13.2 Å². The van der Waals surface area contributed by atoms with Gasteiger partial charge in [-0.25, -0.2) is 0 Å². The SMILES string of the molecule is CC(C)[C@@H](CO)NC(=O)CCC(F)(F)F. The van der Waals surface area contributed by atoms with Gasteiger partial charge in [0.1, 0.15) is 0 Å². The van der Waals surface area contributed by atoms with Gasteiger partial charge >= 0.3 is 6.18 Å². The number of rotatable bonds is 5. The number of carbonyl (C=O) groups excluding carboxylic acids is 1. The number of nitrogens with one attached hydrogen (secondary N) is 1. The van der Waals surface area contributed by atoms with Gasteiger partial charge < -0.3 is 10.4 Å². The summed E-state index contributed by atoms with van der Waals surface area (Å²) in [6.07, 6.45) is -6.04. The smallest absolute Gasteiger partial charge is 0.389 e. The molecule has 0 spiro atoms. The Morgan fingerprint density at radius 1 is 1.40 bits per heavy atom. The highest BCUT2D eigenvalue weighted by atomic mass is 19.4. The third-order valence-corrected chi connectivity index (χ3v) is 1.98. The standard InChI is InChI=1S/C9H16F3NO2/c1-6(2)7(5-14)13-8(15)3-4-9(10,11)12/h6-7,14H,3-5H2,1-2H3,(H,13,15)/t7-/m1/s1. The van der Waals surface area contributed by atoms with Crippen molar-refractivity contribution in [2.24, 2.45) is 5.92 Å². The molecular formula is C9H16F3NO2. The lowest BCUT2D eigenvalue weighted by Gasteiger charge is -2.19. The predicted octanol–water partition coefficient (Wildman–Crippen LogP) is 1.46. The Balaban J connectivity index is 3.92. The summed E-state index contributed by atoms with van der Waals surface area (Å²) in [5, 5.41) is 11.2. The minimum Gasteiger partial charge on any atom is -0.394 e. The molecule has 0 unspecified atom stereocenters. The normalized spacial score (nSPS) is 14.1. The number of carbonyl (C=O) groups is 1. The highest BCUT2D eigenvalue weighted by molar-refractivity contribution is 5.76. The Labute approximate surface area is 86.7 Å². The van der Waals surface area contributed by atoms with Gasteiger partial charge in [0, 0.05) is 6.42 Å². The fourth-order valence-electron chi connectivity index (χ4n) is 0.957. The molecule has 0 rings (SSSR count). The minimum absolute atomic E-state index is 0.00941. The Morgan fingerprint density at radius 3 is 2.27 bits per heavy atom. The van der Waals surface area contributed by atoms with E-state index < -0.39 is 31.0 Å². The molecule has 0 aliphatic rings. The van der Waals surface area contributed by atoms with Crippen LogP contribution in [-0.4, -0.2) is 29.8 Å². The monoisotopic (exact) mass is 227 g/mol. The van der Waals surface area contributed by atoms with Gasteiger partial charge in [-0.15, -0.1) is 0 Å². The second-order valence-corrected chi connectivity index (χ2v) is 3.72. The number of hydrogen-bond acceptors (Lipinski definition) is 2. The molecule has 0 aliphatic heterocycles. The first kappa shape index (κ1) is 14.2. The number of alkyl halides is 3. The summed E-state index contributed by atoms with van der Waals surface area (Å²) in [6, 6.07) is -0.481. The van der Waals surface area contributed by atoms with Crippen molar-refractivity contribution in [3.05, 3.63) is 0 Å². The second kappa shape index (κ2) is 5.95. The first-order chi connectivity index (χ1) is 6.76. The van der Waals surface area contributed by atoms with E-state index in [1.54, 1.807) is 13.8 Å². The molecule has 0 saturated carbocycles. The van der Waals surface area contributed by atoms with Crippen molar-refractivity contribution in [3.8, 4) is 0 Å². The lowest BCUT2D eigenvalue weighted by molar-refractivity contribution is -0.144. The van der Waals surface area contributed by atoms with Crippen LogP contribution in [0.2, 0.25) is 0 Å². The highest BCUT2D eigenvalue weighted by Gasteiger charge is 2.28. The number of hydrogen-bond donors (Lipinski definition) is 2. The van der Waals surface area contributed by atoms with Crippen molar-refractivity contribution in [2.75, 3.05) is 6.61 Å². The quantitative estimate of drug-likeness (QED) is 0.747. The van der Waals surface area contributed by atoms with Crippen molar-refractivity contribution in [3.63, 3.8) is 0 Å². The Hall–Kier alpha value is -0.780. The number of aliphatic hydroxyl groups excluding tert-OH is 1. The summed E-state index contributed by atoms with van der Waals surface area (Å²) in [5.41, 5.74) is 0. The van der Waals surface area contributed by atoms with Crippen molar-refractivity contribution in [1.29, 1.82) is 0 Å². The highest BCUT2D eigenvalue weighted by Crippen LogP contribution is 2.21. The predicted molar refractivity (Wildman–Crippen MR) is 49.1 cm³/mol. The molecular weight excluding hydrogens is 211 g/mol. The van der Waals surface area contributed by atoms with Crippen LogP contribution < -0.4 is 5.32 Å². The third kappa shape index (κ3) is 7.18. The van der Waals surface area contributed by atoms with E-state index in [0.29, 0.717) is 0 Å². The van der Waals surface area contributed by atoms with Crippen LogP contribution in [0.15, 0.2) is 0 Å². The van der Waals surface area contributed by atoms with E-state index in [2.05, 4.69) is 5.32 Å². The number of halogens is 3. The van der Waals surface area contributed by atoms with Crippen LogP contribution in [-0.2, 0) is 4.79 Å². The molecule has 0 fully saturated rings. The number of aliphatic hydroxyl groups is 1. The molecule has 0 heterocycles. The van der Waals surface area contributed by atoms with Gasteiger partial charge in [-0.2, -0.15) is 13.2 Å². The molecule has 2 N–H and O–H groups in total. The third-order valence-electron chi connectivity index (χ3n) is 1.98. The van der Waals surface area contributed by atoms with Gasteiger partial charge in [0.15, 0.2) is 0 Å². The van der Waals surface area contributed by atoms with Crippen molar-refractivity contribution < 1.29 is 23.1 Å². The number of amides is 1. The van der Waals surface area contributed by atoms with Crippen LogP contribution in [0.3, 0.4) is 0 Å². The Bertz CT molecular complexity index is 204. The first-order valence-corrected chi connectivity index (χ1v) is 4.73. The molecule has 0 radical (unpaired) electrons. The lowest BCUT2D eigenvalue weighted by Crippen LogP contribution is -2.41. The van der Waals surface area contributed by atoms with Crippen molar-refractivity contribution in [2.45, 2.75) is 38.9 Å². The summed E-state index contributed by atoms with van der Waals surface area (Å²) in [5.74, 6) is -0.690. The minimum atomic E-state index is -4.32. The zero-order valence-corrected chi connectivity index (χ0v) is 8.77. The molecule has 0 bridgehead atoms. The van der Waals surface area contributed by atoms with E-state index in [1.165, 1.54) is 0 Å². The van der Waals surface area contributed by atoms with Crippen LogP contribution >= 0.6 is 0 Å². The van der Waals surface area contributed by atoms with E-state index in [4.69, 9.17) is 5.11 Å². The first-order valence-electron chi connectivity index (χ1n) is 4.73. The van der Waals surface area contributed by atoms with Crippen LogP contribution in [0, 0.1) is 5.92 Å². The van der Waals surface area contributed by atoms with Crippen LogP contribution in [0.5, 0.6) is 0 Å². The molecule has 3 nitrogen and oxygen atoms in total. The van der Waals surface area contributed by atoms with Gasteiger partial charge in [0.25, 0.3) is 0 Å². The van der Waals surface area contributed by atoms with Gasteiger partial charge in [0.05, 0.1) is 19.1 Å². The second-order valence-electron chi connectivity index (χ2n) is 3.72. The summed E-state index contributed by atoms with van der Waals surface area (Å²) in [6.45, 7) is 3.27. The zero-order chi connectivity index (χ0) is 12.1. The summed E-state index contributed by atoms with van der Waals surface area (Å²) < 4.78 is 35.3. The van der Waals surface area contributed by atoms with Crippen molar-refractivity contribution >= 4 is 5.91 Å². The maximum absolute atomic E-state index is 11.8. The van der Waals surface area contributed by atoms with E-state index in [0.717, 1.165) is 0 Å². The molecule has 0 aliphatic carbocycles. The summed E-state index contributed by atoms with van der Waals surface area (Å²) in [7, 11) is 0. The van der Waals surface area contributed by atoms with Crippen LogP contribution in [0.25, 0.3) is 0 Å². The molecule has 1 atom stereocenters. The van der Waals surface area contributed by atoms with E-state index in [1.807, 2.05) is 0 Å². The maximum Gasteiger partial charge on any atom is 0.389 e. The average Bonchev–Trinajstić information content (AvgIpc) is 2.09. The van der Waals surface area contributed by atoms with Gasteiger partial charge in [0.2, 0.25) is 5.91 Å². The summed E-state index contributed by atoms with van der Waals surface area (Å²) >= 11 is 0. The van der Waals surface area contributed by atoms with Crippen LogP contribution in [0.1, 0.15) is 26.7 Å². The largest absolute Gasteiger partial charge is 0.394 e. The average molecular weight is 227 g/mol. The van der Waals surface area contributed by atoms with Crippen molar-refractivity contribution in [1.82, 2.24) is 5.32 Å². The van der Waals surface area contributed by atoms with E-state index >= 15 is 0 Å². The molecule has 0 saturated heterocycles. The fourth-order valence-corrected chi connectivity index (χ4v) is 0.957. The maximum atomic E-state index is 11.8. The van der Waals surface area contributed by atoms with E-state index in [9.17, 15) is 18.0 Å². The van der Waals surface area contributed by atoms with Gasteiger partial charge in [-0.3, -0.25) is 4.79 Å².